The summed E-state index contributed by atoms with van der Waals surface area (Å²) < 4.78 is 0. The minimum absolute atomic E-state index is 0.0482. The first-order valence-corrected chi connectivity index (χ1v) is 8.16. The molecule has 3 heteroatoms. The number of carbonyl (C=O) groups excluding carboxylic acids is 1. The van der Waals surface area contributed by atoms with E-state index in [9.17, 15) is 9.90 Å². The van der Waals surface area contributed by atoms with Gasteiger partial charge in [-0.3, -0.25) is 4.79 Å². The van der Waals surface area contributed by atoms with Gasteiger partial charge in [0.05, 0.1) is 6.04 Å². The normalized spacial score (nSPS) is 12.1. The van der Waals surface area contributed by atoms with Crippen LogP contribution in [0.2, 0.25) is 0 Å². The van der Waals surface area contributed by atoms with E-state index in [1.54, 1.807) is 6.07 Å². The van der Waals surface area contributed by atoms with E-state index < -0.39 is 0 Å². The van der Waals surface area contributed by atoms with Crippen molar-refractivity contribution in [2.24, 2.45) is 0 Å². The number of nitrogens with one attached hydrogen (secondary N) is 1. The molecule has 0 heterocycles. The number of phenolic OH excluding ortho intramolecular Hbond substituents is 1. The molecule has 1 atom stereocenters. The van der Waals surface area contributed by atoms with E-state index in [0.717, 1.165) is 27.5 Å². The molecule has 3 rings (SSSR count). The number of carbonyl (C=O) groups is 1. The highest BCUT2D eigenvalue weighted by Gasteiger charge is 2.21. The summed E-state index contributed by atoms with van der Waals surface area (Å²) in [6.07, 6.45) is 0.397. The molecular weight excluding hydrogens is 298 g/mol. The van der Waals surface area contributed by atoms with Crippen LogP contribution in [0, 0.1) is 6.92 Å². The number of aromatic hydroxyl groups is 1. The first-order chi connectivity index (χ1) is 11.6. The molecule has 3 aromatic carbocycles. The summed E-state index contributed by atoms with van der Waals surface area (Å²) in [5, 5.41) is 15.6. The molecule has 3 aromatic rings. The van der Waals surface area contributed by atoms with E-state index in [1.165, 1.54) is 0 Å². The Hall–Kier alpha value is -2.81. The van der Waals surface area contributed by atoms with Crippen molar-refractivity contribution >= 4 is 16.7 Å². The number of hydrogen-bond acceptors (Lipinski definition) is 2. The summed E-state index contributed by atoms with van der Waals surface area (Å²) in [5.41, 5.74) is 2.84. The van der Waals surface area contributed by atoms with Crippen LogP contribution in [0.25, 0.3) is 10.8 Å². The minimum atomic E-state index is -0.385. The lowest BCUT2D eigenvalue weighted by Crippen LogP contribution is -2.28. The second kappa shape index (κ2) is 6.75. The van der Waals surface area contributed by atoms with Crippen molar-refractivity contribution in [1.29, 1.82) is 0 Å². The van der Waals surface area contributed by atoms with E-state index in [4.69, 9.17) is 0 Å². The fourth-order valence-electron chi connectivity index (χ4n) is 2.93. The van der Waals surface area contributed by atoms with Gasteiger partial charge in [-0.05, 0) is 29.3 Å². The Kier molecular flexibility index (Phi) is 4.52. The van der Waals surface area contributed by atoms with Crippen LogP contribution < -0.4 is 5.32 Å². The maximum atomic E-state index is 12.1. The van der Waals surface area contributed by atoms with Gasteiger partial charge in [0, 0.05) is 12.0 Å². The summed E-state index contributed by atoms with van der Waals surface area (Å²) >= 11 is 0. The smallest absolute Gasteiger partial charge is 0.220 e. The molecular formula is C21H21NO2. The molecule has 2 N–H and O–H groups in total. The first-order valence-electron chi connectivity index (χ1n) is 8.16. The van der Waals surface area contributed by atoms with Crippen LogP contribution in [0.1, 0.15) is 36.1 Å². The second-order valence-electron chi connectivity index (χ2n) is 5.98. The molecule has 0 fully saturated rings. The Morgan fingerprint density at radius 2 is 1.75 bits per heavy atom. The molecule has 0 radical (unpaired) electrons. The Morgan fingerprint density at radius 3 is 2.46 bits per heavy atom. The fraction of sp³-hybridized carbons (Fsp3) is 0.190. The number of rotatable bonds is 4. The van der Waals surface area contributed by atoms with E-state index in [0.29, 0.717) is 6.42 Å². The number of hydrogen-bond donors (Lipinski definition) is 2. The van der Waals surface area contributed by atoms with Gasteiger partial charge in [0.15, 0.2) is 0 Å². The Morgan fingerprint density at radius 1 is 1.04 bits per heavy atom. The Labute approximate surface area is 142 Å². The van der Waals surface area contributed by atoms with Gasteiger partial charge in [0.25, 0.3) is 0 Å². The van der Waals surface area contributed by atoms with Gasteiger partial charge < -0.3 is 10.4 Å². The molecule has 0 aromatic heterocycles. The maximum absolute atomic E-state index is 12.1. The standard InChI is InChI=1S/C21H21NO2/c1-3-19(24)22-21(16-10-8-14(2)9-11-16)20-17-7-5-4-6-15(17)12-13-18(20)23/h4-13,21,23H,3H2,1-2H3,(H,22,24)/t21-/m0/s1. The quantitative estimate of drug-likeness (QED) is 0.745. The Balaban J connectivity index is 2.20. The monoisotopic (exact) mass is 319 g/mol. The van der Waals surface area contributed by atoms with Gasteiger partial charge in [0.2, 0.25) is 5.91 Å². The molecule has 0 aliphatic rings. The lowest BCUT2D eigenvalue weighted by atomic mass is 9.92. The van der Waals surface area contributed by atoms with Crippen LogP contribution in [0.3, 0.4) is 0 Å². The molecule has 0 bridgehead atoms. The maximum Gasteiger partial charge on any atom is 0.220 e. The van der Waals surface area contributed by atoms with Crippen molar-refractivity contribution in [2.75, 3.05) is 0 Å². The number of aryl methyl sites for hydroxylation is 1. The van der Waals surface area contributed by atoms with E-state index >= 15 is 0 Å². The van der Waals surface area contributed by atoms with Crippen LogP contribution in [0.15, 0.2) is 60.7 Å². The number of amides is 1. The molecule has 0 spiro atoms. The van der Waals surface area contributed by atoms with Crippen LogP contribution in [-0.2, 0) is 4.79 Å². The number of benzene rings is 3. The predicted molar refractivity (Wildman–Crippen MR) is 97.1 cm³/mol. The van der Waals surface area contributed by atoms with E-state index in [-0.39, 0.29) is 17.7 Å². The van der Waals surface area contributed by atoms with E-state index in [2.05, 4.69) is 5.32 Å². The number of fused-ring (bicyclic) bond motifs is 1. The highest BCUT2D eigenvalue weighted by molar-refractivity contribution is 5.89. The summed E-state index contributed by atoms with van der Waals surface area (Å²) in [4.78, 5) is 12.1. The summed E-state index contributed by atoms with van der Waals surface area (Å²) in [6.45, 7) is 3.85. The third-order valence-corrected chi connectivity index (χ3v) is 4.27. The topological polar surface area (TPSA) is 49.3 Å². The molecule has 0 aliphatic heterocycles. The highest BCUT2D eigenvalue weighted by Crippen LogP contribution is 2.35. The molecule has 24 heavy (non-hydrogen) atoms. The summed E-state index contributed by atoms with van der Waals surface area (Å²) in [7, 11) is 0. The van der Waals surface area contributed by atoms with Gasteiger partial charge in [-0.25, -0.2) is 0 Å². The van der Waals surface area contributed by atoms with Crippen molar-refractivity contribution in [3.8, 4) is 5.75 Å². The van der Waals surface area contributed by atoms with Gasteiger partial charge in [0.1, 0.15) is 5.75 Å². The molecule has 0 aliphatic carbocycles. The zero-order chi connectivity index (χ0) is 17.1. The van der Waals surface area contributed by atoms with Gasteiger partial charge >= 0.3 is 0 Å². The third kappa shape index (κ3) is 3.11. The minimum Gasteiger partial charge on any atom is -0.508 e. The largest absolute Gasteiger partial charge is 0.508 e. The molecule has 0 saturated carbocycles. The van der Waals surface area contributed by atoms with Gasteiger partial charge in [-0.15, -0.1) is 0 Å². The van der Waals surface area contributed by atoms with Gasteiger partial charge in [-0.2, -0.15) is 0 Å². The zero-order valence-corrected chi connectivity index (χ0v) is 13.9. The van der Waals surface area contributed by atoms with Crippen molar-refractivity contribution in [2.45, 2.75) is 26.3 Å². The summed E-state index contributed by atoms with van der Waals surface area (Å²) in [5.74, 6) is 0.142. The average Bonchev–Trinajstić information content (AvgIpc) is 2.61. The fourth-order valence-corrected chi connectivity index (χ4v) is 2.93. The molecule has 1 amide bonds. The SMILES string of the molecule is CCC(=O)N[C@@H](c1ccc(C)cc1)c1c(O)ccc2ccccc12. The predicted octanol–water partition coefficient (Wildman–Crippen LogP) is 4.47. The van der Waals surface area contributed by atoms with Crippen LogP contribution in [-0.4, -0.2) is 11.0 Å². The Bertz CT molecular complexity index is 869. The zero-order valence-electron chi connectivity index (χ0n) is 13.9. The van der Waals surface area contributed by atoms with Crippen molar-refractivity contribution in [3.05, 3.63) is 77.4 Å². The lowest BCUT2D eigenvalue weighted by molar-refractivity contribution is -0.121. The highest BCUT2D eigenvalue weighted by atomic mass is 16.3. The first kappa shape index (κ1) is 16.1. The lowest BCUT2D eigenvalue weighted by Gasteiger charge is -2.22. The van der Waals surface area contributed by atoms with Crippen LogP contribution in [0.5, 0.6) is 5.75 Å². The number of phenols is 1. The van der Waals surface area contributed by atoms with Crippen molar-refractivity contribution in [3.63, 3.8) is 0 Å². The van der Waals surface area contributed by atoms with Crippen molar-refractivity contribution < 1.29 is 9.90 Å². The third-order valence-electron chi connectivity index (χ3n) is 4.27. The molecule has 0 saturated heterocycles. The van der Waals surface area contributed by atoms with Crippen molar-refractivity contribution in [1.82, 2.24) is 5.32 Å². The van der Waals surface area contributed by atoms with Crippen LogP contribution in [0.4, 0.5) is 0 Å². The van der Waals surface area contributed by atoms with Crippen LogP contribution >= 0.6 is 0 Å². The molecule has 0 unspecified atom stereocenters. The summed E-state index contributed by atoms with van der Waals surface area (Å²) in [6, 6.07) is 19.1. The molecule has 122 valence electrons. The average molecular weight is 319 g/mol. The van der Waals surface area contributed by atoms with Gasteiger partial charge in [-0.1, -0.05) is 67.1 Å². The molecule has 3 nitrogen and oxygen atoms in total. The second-order valence-corrected chi connectivity index (χ2v) is 5.98. The van der Waals surface area contributed by atoms with E-state index in [1.807, 2.05) is 68.4 Å².